The highest BCUT2D eigenvalue weighted by molar-refractivity contribution is 7.89. The monoisotopic (exact) mass is 291 g/mol. The van der Waals surface area contributed by atoms with Gasteiger partial charge in [-0.25, -0.2) is 13.6 Å². The molecule has 0 unspecified atom stereocenters. The van der Waals surface area contributed by atoms with Crippen LogP contribution in [-0.2, 0) is 17.1 Å². The molecule has 1 rings (SSSR count). The normalized spacial score (nSPS) is 11.6. The molecule has 0 spiro atoms. The molecule has 108 valence electrons. The predicted molar refractivity (Wildman–Crippen MR) is 66.9 cm³/mol. The predicted octanol–water partition coefficient (Wildman–Crippen LogP) is -1.90. The minimum Gasteiger partial charge on any atom is -0.395 e. The van der Waals surface area contributed by atoms with Crippen LogP contribution < -0.4 is 5.14 Å². The molecule has 1 amide bonds. The van der Waals surface area contributed by atoms with Crippen LogP contribution in [-0.4, -0.2) is 60.3 Å². The molecule has 0 fully saturated rings. The maximum absolute atomic E-state index is 12.1. The van der Waals surface area contributed by atoms with Gasteiger partial charge in [0.15, 0.2) is 0 Å². The fourth-order valence-corrected chi connectivity index (χ4v) is 2.20. The number of rotatable bonds is 6. The molecule has 1 heterocycles. The van der Waals surface area contributed by atoms with Crippen molar-refractivity contribution in [2.75, 3.05) is 26.3 Å². The zero-order valence-corrected chi connectivity index (χ0v) is 11.3. The zero-order chi connectivity index (χ0) is 14.6. The molecule has 0 radical (unpaired) electrons. The van der Waals surface area contributed by atoms with Crippen LogP contribution in [0.2, 0.25) is 0 Å². The van der Waals surface area contributed by atoms with E-state index in [9.17, 15) is 13.2 Å². The summed E-state index contributed by atoms with van der Waals surface area (Å²) in [5.41, 5.74) is 0.117. The van der Waals surface area contributed by atoms with Crippen molar-refractivity contribution in [2.45, 2.75) is 4.90 Å². The summed E-state index contributed by atoms with van der Waals surface area (Å²) in [5.74, 6) is -0.486. The van der Waals surface area contributed by atoms with Crippen molar-refractivity contribution in [3.8, 4) is 0 Å². The van der Waals surface area contributed by atoms with Crippen LogP contribution in [0, 0.1) is 0 Å². The van der Waals surface area contributed by atoms with E-state index in [4.69, 9.17) is 15.4 Å². The molecule has 0 aromatic carbocycles. The van der Waals surface area contributed by atoms with Crippen LogP contribution in [0.4, 0.5) is 0 Å². The topological polar surface area (TPSA) is 126 Å². The Labute approximate surface area is 111 Å². The first-order valence-electron chi connectivity index (χ1n) is 5.51. The van der Waals surface area contributed by atoms with Gasteiger partial charge >= 0.3 is 0 Å². The molecule has 0 aliphatic heterocycles. The van der Waals surface area contributed by atoms with Crippen molar-refractivity contribution in [1.82, 2.24) is 9.47 Å². The molecule has 19 heavy (non-hydrogen) atoms. The lowest BCUT2D eigenvalue weighted by Gasteiger charge is -2.20. The van der Waals surface area contributed by atoms with Crippen molar-refractivity contribution in [1.29, 1.82) is 0 Å². The average Bonchev–Trinajstić information content (AvgIpc) is 2.70. The molecular formula is C10H17N3O5S. The number of amides is 1. The molecule has 0 saturated carbocycles. The molecule has 0 aliphatic carbocycles. The van der Waals surface area contributed by atoms with E-state index in [-0.39, 0.29) is 36.9 Å². The van der Waals surface area contributed by atoms with Gasteiger partial charge in [-0.1, -0.05) is 0 Å². The summed E-state index contributed by atoms with van der Waals surface area (Å²) in [4.78, 5) is 13.2. The van der Waals surface area contributed by atoms with Crippen LogP contribution in [0.1, 0.15) is 10.5 Å². The lowest BCUT2D eigenvalue weighted by Crippen LogP contribution is -2.36. The standard InChI is InChI=1S/C10H17N3O5S/c1-12-7-8(19(11,17)18)6-9(12)10(16)13(2-4-14)3-5-15/h6-7,14-15H,2-5H2,1H3,(H2,11,17,18). The van der Waals surface area contributed by atoms with Gasteiger partial charge in [-0.05, 0) is 6.07 Å². The SMILES string of the molecule is Cn1cc(S(N)(=O)=O)cc1C(=O)N(CCO)CCO. The Kier molecular flexibility index (Phi) is 5.06. The highest BCUT2D eigenvalue weighted by atomic mass is 32.2. The van der Waals surface area contributed by atoms with Crippen LogP contribution in [0.3, 0.4) is 0 Å². The summed E-state index contributed by atoms with van der Waals surface area (Å²) in [6.45, 7) is -0.402. The minimum atomic E-state index is -3.88. The summed E-state index contributed by atoms with van der Waals surface area (Å²) in [5, 5.41) is 22.7. The van der Waals surface area contributed by atoms with Gasteiger partial charge in [0.25, 0.3) is 5.91 Å². The molecule has 0 saturated heterocycles. The van der Waals surface area contributed by atoms with Gasteiger partial charge in [-0.3, -0.25) is 4.79 Å². The second kappa shape index (κ2) is 6.15. The van der Waals surface area contributed by atoms with Crippen molar-refractivity contribution in [2.24, 2.45) is 12.2 Å². The highest BCUT2D eigenvalue weighted by Crippen LogP contribution is 2.13. The number of aryl methyl sites for hydroxylation is 1. The van der Waals surface area contributed by atoms with Crippen molar-refractivity contribution < 1.29 is 23.4 Å². The van der Waals surface area contributed by atoms with E-state index in [1.807, 2.05) is 0 Å². The van der Waals surface area contributed by atoms with Crippen molar-refractivity contribution >= 4 is 15.9 Å². The second-order valence-corrected chi connectivity index (χ2v) is 5.52. The number of sulfonamides is 1. The maximum atomic E-state index is 12.1. The summed E-state index contributed by atoms with van der Waals surface area (Å²) in [7, 11) is -2.37. The Balaban J connectivity index is 3.08. The molecule has 0 aliphatic rings. The molecule has 1 aromatic rings. The smallest absolute Gasteiger partial charge is 0.270 e. The summed E-state index contributed by atoms with van der Waals surface area (Å²) < 4.78 is 23.7. The molecule has 0 bridgehead atoms. The van der Waals surface area contributed by atoms with E-state index in [2.05, 4.69) is 0 Å². The van der Waals surface area contributed by atoms with Crippen molar-refractivity contribution in [3.05, 3.63) is 18.0 Å². The molecule has 0 atom stereocenters. The highest BCUT2D eigenvalue weighted by Gasteiger charge is 2.21. The van der Waals surface area contributed by atoms with Gasteiger partial charge in [-0.15, -0.1) is 0 Å². The Morgan fingerprint density at radius 3 is 2.26 bits per heavy atom. The van der Waals surface area contributed by atoms with E-state index >= 15 is 0 Å². The largest absolute Gasteiger partial charge is 0.395 e. The Hall–Kier alpha value is -1.42. The first kappa shape index (κ1) is 15.6. The number of hydrogen-bond acceptors (Lipinski definition) is 5. The third-order valence-electron chi connectivity index (χ3n) is 2.55. The first-order chi connectivity index (χ1) is 8.81. The molecule has 4 N–H and O–H groups in total. The number of carbonyl (C=O) groups is 1. The number of primary sulfonamides is 1. The van der Waals surface area contributed by atoms with Crippen molar-refractivity contribution in [3.63, 3.8) is 0 Å². The van der Waals surface area contributed by atoms with Crippen LogP contribution in [0.5, 0.6) is 0 Å². The van der Waals surface area contributed by atoms with Crippen LogP contribution >= 0.6 is 0 Å². The number of nitrogens with zero attached hydrogens (tertiary/aromatic N) is 2. The van der Waals surface area contributed by atoms with E-state index < -0.39 is 15.9 Å². The Morgan fingerprint density at radius 1 is 1.37 bits per heavy atom. The fourth-order valence-electron chi connectivity index (χ4n) is 1.62. The van der Waals surface area contributed by atoms with E-state index in [1.165, 1.54) is 28.8 Å². The average molecular weight is 291 g/mol. The van der Waals surface area contributed by atoms with Gasteiger partial charge in [-0.2, -0.15) is 0 Å². The Bertz CT molecular complexity index is 546. The van der Waals surface area contributed by atoms with Gasteiger partial charge in [0.2, 0.25) is 10.0 Å². The number of hydrogen-bond donors (Lipinski definition) is 3. The maximum Gasteiger partial charge on any atom is 0.270 e. The number of aromatic nitrogens is 1. The third kappa shape index (κ3) is 3.77. The minimum absolute atomic E-state index is 0.0509. The summed E-state index contributed by atoms with van der Waals surface area (Å²) >= 11 is 0. The van der Waals surface area contributed by atoms with E-state index in [0.717, 1.165) is 0 Å². The van der Waals surface area contributed by atoms with Crippen LogP contribution in [0.15, 0.2) is 17.2 Å². The first-order valence-corrected chi connectivity index (χ1v) is 7.06. The zero-order valence-electron chi connectivity index (χ0n) is 10.5. The lowest BCUT2D eigenvalue weighted by molar-refractivity contribution is 0.0675. The molecular weight excluding hydrogens is 274 g/mol. The quantitative estimate of drug-likeness (QED) is 0.564. The van der Waals surface area contributed by atoms with Gasteiger partial charge in [0.1, 0.15) is 10.6 Å². The third-order valence-corrected chi connectivity index (χ3v) is 3.43. The Morgan fingerprint density at radius 2 is 1.89 bits per heavy atom. The number of aliphatic hydroxyl groups is 2. The second-order valence-electron chi connectivity index (χ2n) is 3.96. The van der Waals surface area contributed by atoms with Gasteiger partial charge in [0, 0.05) is 26.3 Å². The molecule has 9 heteroatoms. The number of carbonyl (C=O) groups excluding carboxylic acids is 1. The van der Waals surface area contributed by atoms with E-state index in [0.29, 0.717) is 0 Å². The van der Waals surface area contributed by atoms with E-state index in [1.54, 1.807) is 0 Å². The number of aliphatic hydroxyl groups excluding tert-OH is 2. The molecule has 1 aromatic heterocycles. The lowest BCUT2D eigenvalue weighted by atomic mass is 10.3. The fraction of sp³-hybridized carbons (Fsp3) is 0.500. The number of nitrogens with two attached hydrogens (primary N) is 1. The summed E-state index contributed by atoms with van der Waals surface area (Å²) in [6.07, 6.45) is 1.23. The van der Waals surface area contributed by atoms with Gasteiger partial charge < -0.3 is 19.7 Å². The molecule has 8 nitrogen and oxygen atoms in total. The summed E-state index contributed by atoms with van der Waals surface area (Å²) in [6, 6.07) is 1.17. The van der Waals surface area contributed by atoms with Gasteiger partial charge in [0.05, 0.1) is 13.2 Å². The van der Waals surface area contributed by atoms with Crippen LogP contribution in [0.25, 0.3) is 0 Å².